The second-order valence-electron chi connectivity index (χ2n) is 5.01. The standard InChI is InChI=1S/C16H10N6O2/c23-22(24)14-7-9-21(20-14)16-12-5-1-2-6-13(12)18-15(19-16)11-4-3-8-17-10-11/h1-10H. The van der Waals surface area contributed by atoms with Gasteiger partial charge >= 0.3 is 5.82 Å². The van der Waals surface area contributed by atoms with Gasteiger partial charge in [0.25, 0.3) is 0 Å². The highest BCUT2D eigenvalue weighted by atomic mass is 16.6. The Hall–Kier alpha value is -3.68. The number of benzene rings is 1. The minimum Gasteiger partial charge on any atom is -0.358 e. The van der Waals surface area contributed by atoms with Crippen molar-refractivity contribution in [2.75, 3.05) is 0 Å². The molecule has 0 aliphatic heterocycles. The summed E-state index contributed by atoms with van der Waals surface area (Å²) < 4.78 is 1.39. The van der Waals surface area contributed by atoms with Gasteiger partial charge in [-0.15, -0.1) is 4.68 Å². The Morgan fingerprint density at radius 1 is 1.04 bits per heavy atom. The molecule has 0 fully saturated rings. The van der Waals surface area contributed by atoms with Crippen molar-refractivity contribution in [2.45, 2.75) is 0 Å². The third kappa shape index (κ3) is 2.35. The highest BCUT2D eigenvalue weighted by molar-refractivity contribution is 5.86. The number of para-hydroxylation sites is 1. The van der Waals surface area contributed by atoms with E-state index in [1.54, 1.807) is 18.5 Å². The molecular formula is C16H10N6O2. The van der Waals surface area contributed by atoms with Gasteiger partial charge in [0.05, 0.1) is 22.9 Å². The average molecular weight is 318 g/mol. The van der Waals surface area contributed by atoms with Gasteiger partial charge in [0.2, 0.25) is 0 Å². The van der Waals surface area contributed by atoms with Crippen molar-refractivity contribution in [1.29, 1.82) is 0 Å². The van der Waals surface area contributed by atoms with Crippen molar-refractivity contribution in [1.82, 2.24) is 24.7 Å². The van der Waals surface area contributed by atoms with Gasteiger partial charge in [-0.3, -0.25) is 4.98 Å². The zero-order valence-corrected chi connectivity index (χ0v) is 12.3. The summed E-state index contributed by atoms with van der Waals surface area (Å²) in [5.41, 5.74) is 1.48. The molecule has 0 aliphatic rings. The first-order valence-electron chi connectivity index (χ1n) is 7.10. The number of hydrogen-bond donors (Lipinski definition) is 0. The molecule has 8 heteroatoms. The minimum absolute atomic E-state index is 0.236. The molecule has 3 heterocycles. The van der Waals surface area contributed by atoms with Gasteiger partial charge in [-0.25, -0.2) is 9.97 Å². The van der Waals surface area contributed by atoms with Crippen LogP contribution in [0.15, 0.2) is 61.1 Å². The van der Waals surface area contributed by atoms with E-state index in [0.717, 1.165) is 16.5 Å². The quantitative estimate of drug-likeness (QED) is 0.425. The van der Waals surface area contributed by atoms with E-state index in [0.29, 0.717) is 11.6 Å². The van der Waals surface area contributed by atoms with Crippen LogP contribution in [0.2, 0.25) is 0 Å². The number of nitro groups is 1. The molecule has 3 aromatic heterocycles. The number of hydrogen-bond acceptors (Lipinski definition) is 6. The van der Waals surface area contributed by atoms with Crippen LogP contribution in [-0.2, 0) is 0 Å². The van der Waals surface area contributed by atoms with E-state index in [9.17, 15) is 10.1 Å². The third-order valence-corrected chi connectivity index (χ3v) is 3.48. The molecule has 1 aromatic carbocycles. The fourth-order valence-electron chi connectivity index (χ4n) is 2.39. The number of aromatic nitrogens is 5. The second kappa shape index (κ2) is 5.51. The lowest BCUT2D eigenvalue weighted by Gasteiger charge is -2.06. The number of pyridine rings is 1. The van der Waals surface area contributed by atoms with Crippen molar-refractivity contribution >= 4 is 16.7 Å². The van der Waals surface area contributed by atoms with Gasteiger partial charge < -0.3 is 10.1 Å². The molecule has 0 atom stereocenters. The van der Waals surface area contributed by atoms with Crippen LogP contribution in [0.3, 0.4) is 0 Å². The van der Waals surface area contributed by atoms with Crippen LogP contribution in [0.1, 0.15) is 0 Å². The van der Waals surface area contributed by atoms with Crippen molar-refractivity contribution in [3.8, 4) is 17.2 Å². The van der Waals surface area contributed by atoms with Crippen LogP contribution in [0.5, 0.6) is 0 Å². The summed E-state index contributed by atoms with van der Waals surface area (Å²) in [5, 5.41) is 15.6. The first-order chi connectivity index (χ1) is 11.7. The zero-order chi connectivity index (χ0) is 16.5. The summed E-state index contributed by atoms with van der Waals surface area (Å²) in [6.45, 7) is 0. The van der Waals surface area contributed by atoms with Crippen molar-refractivity contribution in [3.05, 3.63) is 71.2 Å². The predicted octanol–water partition coefficient (Wildman–Crippen LogP) is 2.79. The molecule has 0 N–H and O–H groups in total. The summed E-state index contributed by atoms with van der Waals surface area (Å²) >= 11 is 0. The van der Waals surface area contributed by atoms with Crippen LogP contribution in [0.25, 0.3) is 28.1 Å². The summed E-state index contributed by atoms with van der Waals surface area (Å²) in [6.07, 6.45) is 4.85. The maximum atomic E-state index is 10.9. The Morgan fingerprint density at radius 3 is 2.67 bits per heavy atom. The summed E-state index contributed by atoms with van der Waals surface area (Å²) in [7, 11) is 0. The van der Waals surface area contributed by atoms with E-state index in [-0.39, 0.29) is 5.82 Å². The molecule has 0 aliphatic carbocycles. The molecule has 0 unspecified atom stereocenters. The van der Waals surface area contributed by atoms with Gasteiger partial charge in [-0.05, 0) is 29.2 Å². The molecule has 4 rings (SSSR count). The van der Waals surface area contributed by atoms with Crippen LogP contribution in [0.4, 0.5) is 5.82 Å². The lowest BCUT2D eigenvalue weighted by Crippen LogP contribution is -2.03. The van der Waals surface area contributed by atoms with Gasteiger partial charge in [-0.1, -0.05) is 12.1 Å². The fraction of sp³-hybridized carbons (Fsp3) is 0. The Morgan fingerprint density at radius 2 is 1.92 bits per heavy atom. The lowest BCUT2D eigenvalue weighted by atomic mass is 10.2. The van der Waals surface area contributed by atoms with Crippen molar-refractivity contribution in [3.63, 3.8) is 0 Å². The molecular weight excluding hydrogens is 308 g/mol. The molecule has 0 bridgehead atoms. The summed E-state index contributed by atoms with van der Waals surface area (Å²) in [6, 6.07) is 12.4. The van der Waals surface area contributed by atoms with Crippen LogP contribution >= 0.6 is 0 Å². The van der Waals surface area contributed by atoms with Gasteiger partial charge in [0, 0.05) is 23.3 Å². The van der Waals surface area contributed by atoms with Crippen molar-refractivity contribution < 1.29 is 4.92 Å². The maximum absolute atomic E-state index is 10.9. The van der Waals surface area contributed by atoms with E-state index < -0.39 is 4.92 Å². The third-order valence-electron chi connectivity index (χ3n) is 3.48. The van der Waals surface area contributed by atoms with E-state index in [1.807, 2.05) is 30.3 Å². The molecule has 116 valence electrons. The van der Waals surface area contributed by atoms with Gasteiger partial charge in [0.1, 0.15) is 0 Å². The minimum atomic E-state index is -0.540. The first-order valence-corrected chi connectivity index (χ1v) is 7.10. The highest BCUT2D eigenvalue weighted by Crippen LogP contribution is 2.24. The molecule has 8 nitrogen and oxygen atoms in total. The highest BCUT2D eigenvalue weighted by Gasteiger charge is 2.17. The maximum Gasteiger partial charge on any atom is 0.390 e. The smallest absolute Gasteiger partial charge is 0.358 e. The molecule has 0 radical (unpaired) electrons. The monoisotopic (exact) mass is 318 g/mol. The molecule has 4 aromatic rings. The SMILES string of the molecule is O=[N+]([O-])c1ccn(-c2nc(-c3cccnc3)nc3ccccc23)n1. The van der Waals surface area contributed by atoms with E-state index in [2.05, 4.69) is 20.1 Å². The Balaban J connectivity index is 1.97. The second-order valence-corrected chi connectivity index (χ2v) is 5.01. The summed E-state index contributed by atoms with van der Waals surface area (Å²) in [5.74, 6) is 0.725. The van der Waals surface area contributed by atoms with E-state index in [1.165, 1.54) is 16.9 Å². The molecule has 0 amide bonds. The number of rotatable bonds is 3. The summed E-state index contributed by atoms with van der Waals surface area (Å²) in [4.78, 5) is 23.5. The first kappa shape index (κ1) is 13.9. The Bertz CT molecular complexity index is 1040. The normalized spacial score (nSPS) is 10.8. The molecule has 0 saturated heterocycles. The van der Waals surface area contributed by atoms with E-state index >= 15 is 0 Å². The predicted molar refractivity (Wildman–Crippen MR) is 86.5 cm³/mol. The topological polar surface area (TPSA) is 99.6 Å². The van der Waals surface area contributed by atoms with Crippen LogP contribution in [0, 0.1) is 10.1 Å². The van der Waals surface area contributed by atoms with Gasteiger partial charge in [0.15, 0.2) is 11.6 Å². The van der Waals surface area contributed by atoms with Crippen molar-refractivity contribution in [2.24, 2.45) is 0 Å². The fourth-order valence-corrected chi connectivity index (χ4v) is 2.39. The zero-order valence-electron chi connectivity index (χ0n) is 12.3. The lowest BCUT2D eigenvalue weighted by molar-refractivity contribution is -0.389. The number of fused-ring (bicyclic) bond motifs is 1. The molecule has 0 saturated carbocycles. The Kier molecular flexibility index (Phi) is 3.20. The van der Waals surface area contributed by atoms with E-state index in [4.69, 9.17) is 0 Å². The van der Waals surface area contributed by atoms with Gasteiger partial charge in [-0.2, -0.15) is 0 Å². The Labute approximate surface area is 135 Å². The molecule has 24 heavy (non-hydrogen) atoms. The average Bonchev–Trinajstić information content (AvgIpc) is 3.12. The van der Waals surface area contributed by atoms with Crippen LogP contribution < -0.4 is 0 Å². The number of nitrogens with zero attached hydrogens (tertiary/aromatic N) is 6. The molecule has 0 spiro atoms. The van der Waals surface area contributed by atoms with Crippen LogP contribution in [-0.4, -0.2) is 29.7 Å². The largest absolute Gasteiger partial charge is 0.390 e.